The summed E-state index contributed by atoms with van der Waals surface area (Å²) in [5.74, 6) is 1.57. The van der Waals surface area contributed by atoms with E-state index in [9.17, 15) is 5.11 Å². The zero-order valence-electron chi connectivity index (χ0n) is 17.0. The summed E-state index contributed by atoms with van der Waals surface area (Å²) in [5.41, 5.74) is 4.01. The molecule has 0 saturated heterocycles. The number of hydrogen-bond donors (Lipinski definition) is 3. The van der Waals surface area contributed by atoms with Gasteiger partial charge in [0, 0.05) is 36.3 Å². The molecule has 0 spiro atoms. The highest BCUT2D eigenvalue weighted by atomic mass is 127. The van der Waals surface area contributed by atoms with Crippen LogP contribution >= 0.6 is 24.0 Å². The number of rotatable bonds is 8. The second-order valence-electron chi connectivity index (χ2n) is 6.41. The van der Waals surface area contributed by atoms with E-state index in [0.29, 0.717) is 19.0 Å². The first-order valence-corrected chi connectivity index (χ1v) is 9.27. The van der Waals surface area contributed by atoms with Gasteiger partial charge in [-0.1, -0.05) is 30.3 Å². The number of pyridine rings is 1. The summed E-state index contributed by atoms with van der Waals surface area (Å²) < 4.78 is 5.47. The van der Waals surface area contributed by atoms with Gasteiger partial charge in [0.2, 0.25) is 0 Å². The second-order valence-corrected chi connectivity index (χ2v) is 6.41. The molecule has 0 fully saturated rings. The van der Waals surface area contributed by atoms with E-state index in [2.05, 4.69) is 20.6 Å². The molecule has 0 aliphatic heterocycles. The Bertz CT molecular complexity index is 754. The van der Waals surface area contributed by atoms with E-state index in [0.717, 1.165) is 34.7 Å². The minimum absolute atomic E-state index is 0. The van der Waals surface area contributed by atoms with Crippen molar-refractivity contribution in [1.29, 1.82) is 0 Å². The average Bonchev–Trinajstić information content (AvgIpc) is 2.69. The number of ether oxygens (including phenoxy) is 1. The number of aliphatic hydroxyl groups is 1. The van der Waals surface area contributed by atoms with E-state index in [4.69, 9.17) is 4.74 Å². The molecule has 0 saturated carbocycles. The Balaban J connectivity index is 0.00000392. The maximum Gasteiger partial charge on any atom is 0.191 e. The monoisotopic (exact) mass is 498 g/mol. The van der Waals surface area contributed by atoms with Gasteiger partial charge in [0.15, 0.2) is 5.96 Å². The van der Waals surface area contributed by atoms with Gasteiger partial charge in [-0.3, -0.25) is 4.98 Å². The molecule has 7 heteroatoms. The van der Waals surface area contributed by atoms with Crippen molar-refractivity contribution in [2.75, 3.05) is 26.8 Å². The second kappa shape index (κ2) is 12.6. The van der Waals surface area contributed by atoms with E-state index < -0.39 is 0 Å². The number of methoxy groups -OCH3 is 1. The number of benzene rings is 1. The highest BCUT2D eigenvalue weighted by Gasteiger charge is 2.12. The van der Waals surface area contributed by atoms with Gasteiger partial charge in [-0.2, -0.15) is 0 Å². The van der Waals surface area contributed by atoms with Crippen LogP contribution in [0.5, 0.6) is 5.75 Å². The molecule has 28 heavy (non-hydrogen) atoms. The van der Waals surface area contributed by atoms with E-state index in [1.54, 1.807) is 7.11 Å². The highest BCUT2D eigenvalue weighted by Crippen LogP contribution is 2.24. The summed E-state index contributed by atoms with van der Waals surface area (Å²) in [6, 6.07) is 9.99. The van der Waals surface area contributed by atoms with Crippen LogP contribution in [-0.2, 0) is 6.54 Å². The quantitative estimate of drug-likeness (QED) is 0.296. The van der Waals surface area contributed by atoms with Crippen LogP contribution in [-0.4, -0.2) is 42.9 Å². The van der Waals surface area contributed by atoms with Crippen LogP contribution < -0.4 is 15.4 Å². The minimum Gasteiger partial charge on any atom is -0.496 e. The summed E-state index contributed by atoms with van der Waals surface area (Å²) in [6.07, 6.45) is 1.81. The van der Waals surface area contributed by atoms with Crippen LogP contribution in [0.1, 0.15) is 35.2 Å². The SMILES string of the molecule is CCNC(=NCc1ncc(C)c(OC)c1C)NCC(CO)c1ccccc1.I. The largest absolute Gasteiger partial charge is 0.496 e. The fourth-order valence-electron chi connectivity index (χ4n) is 2.96. The van der Waals surface area contributed by atoms with E-state index >= 15 is 0 Å². The third kappa shape index (κ3) is 6.63. The van der Waals surface area contributed by atoms with Gasteiger partial charge in [0.25, 0.3) is 0 Å². The molecule has 1 atom stereocenters. The number of aromatic nitrogens is 1. The fraction of sp³-hybridized carbons (Fsp3) is 0.429. The molecule has 2 aromatic rings. The molecule has 0 amide bonds. The molecule has 1 heterocycles. The van der Waals surface area contributed by atoms with Crippen molar-refractivity contribution in [3.63, 3.8) is 0 Å². The number of aliphatic imine (C=N–C) groups is 1. The van der Waals surface area contributed by atoms with Crippen molar-refractivity contribution in [3.05, 3.63) is 58.9 Å². The average molecular weight is 498 g/mol. The Morgan fingerprint density at radius 2 is 1.93 bits per heavy atom. The number of halogens is 1. The Kier molecular flexibility index (Phi) is 10.8. The fourth-order valence-corrected chi connectivity index (χ4v) is 2.96. The molecule has 3 N–H and O–H groups in total. The van der Waals surface area contributed by atoms with Crippen molar-refractivity contribution >= 4 is 29.9 Å². The van der Waals surface area contributed by atoms with Crippen LogP contribution in [0.4, 0.5) is 0 Å². The van der Waals surface area contributed by atoms with Crippen LogP contribution in [0.15, 0.2) is 41.5 Å². The summed E-state index contributed by atoms with van der Waals surface area (Å²) in [5, 5.41) is 16.3. The van der Waals surface area contributed by atoms with Crippen LogP contribution in [0.2, 0.25) is 0 Å². The lowest BCUT2D eigenvalue weighted by Gasteiger charge is -2.18. The highest BCUT2D eigenvalue weighted by molar-refractivity contribution is 14.0. The molecule has 154 valence electrons. The van der Waals surface area contributed by atoms with Gasteiger partial charge < -0.3 is 20.5 Å². The lowest BCUT2D eigenvalue weighted by Crippen LogP contribution is -2.40. The molecule has 0 aliphatic rings. The number of aliphatic hydroxyl groups excluding tert-OH is 1. The zero-order valence-corrected chi connectivity index (χ0v) is 19.4. The van der Waals surface area contributed by atoms with E-state index in [-0.39, 0.29) is 36.5 Å². The topological polar surface area (TPSA) is 78.8 Å². The molecule has 1 aromatic heterocycles. The van der Waals surface area contributed by atoms with Crippen molar-refractivity contribution in [1.82, 2.24) is 15.6 Å². The lowest BCUT2D eigenvalue weighted by atomic mass is 10.0. The Morgan fingerprint density at radius 3 is 2.54 bits per heavy atom. The maximum atomic E-state index is 9.73. The van der Waals surface area contributed by atoms with Crippen LogP contribution in [0, 0.1) is 13.8 Å². The van der Waals surface area contributed by atoms with Gasteiger partial charge in [0.1, 0.15) is 5.75 Å². The van der Waals surface area contributed by atoms with Gasteiger partial charge >= 0.3 is 0 Å². The standard InChI is InChI=1S/C21H30N4O2.HI/c1-5-22-21(24-12-18(14-26)17-9-7-6-8-10-17)25-13-19-16(3)20(27-4)15(2)11-23-19;/h6-11,18,26H,5,12-14H2,1-4H3,(H2,22,24,25);1H. The number of nitrogens with zero attached hydrogens (tertiary/aromatic N) is 2. The molecule has 0 radical (unpaired) electrons. The number of nitrogens with one attached hydrogen (secondary N) is 2. The van der Waals surface area contributed by atoms with E-state index in [1.165, 1.54) is 0 Å². The first-order chi connectivity index (χ1) is 13.1. The van der Waals surface area contributed by atoms with Crippen molar-refractivity contribution in [3.8, 4) is 5.75 Å². The Labute approximate surface area is 184 Å². The van der Waals surface area contributed by atoms with Gasteiger partial charge in [0.05, 0.1) is 26.0 Å². The summed E-state index contributed by atoms with van der Waals surface area (Å²) >= 11 is 0. The summed E-state index contributed by atoms with van der Waals surface area (Å²) in [7, 11) is 1.67. The molecular weight excluding hydrogens is 467 g/mol. The van der Waals surface area contributed by atoms with Crippen molar-refractivity contribution in [2.24, 2.45) is 4.99 Å². The third-order valence-electron chi connectivity index (χ3n) is 4.49. The Morgan fingerprint density at radius 1 is 1.21 bits per heavy atom. The molecular formula is C21H31IN4O2. The molecule has 2 rings (SSSR count). The molecule has 1 aromatic carbocycles. The maximum absolute atomic E-state index is 9.73. The van der Waals surface area contributed by atoms with E-state index in [1.807, 2.05) is 57.3 Å². The van der Waals surface area contributed by atoms with Crippen LogP contribution in [0.3, 0.4) is 0 Å². The zero-order chi connectivity index (χ0) is 19.6. The Hall–Kier alpha value is -1.87. The van der Waals surface area contributed by atoms with Crippen LogP contribution in [0.25, 0.3) is 0 Å². The molecule has 0 bridgehead atoms. The molecule has 0 aliphatic carbocycles. The number of aryl methyl sites for hydroxylation is 1. The van der Waals surface area contributed by atoms with Gasteiger partial charge in [-0.05, 0) is 26.3 Å². The lowest BCUT2D eigenvalue weighted by molar-refractivity contribution is 0.265. The smallest absolute Gasteiger partial charge is 0.191 e. The normalized spacial score (nSPS) is 12.1. The van der Waals surface area contributed by atoms with Crippen molar-refractivity contribution < 1.29 is 9.84 Å². The predicted octanol–water partition coefficient (Wildman–Crippen LogP) is 3.16. The minimum atomic E-state index is 0. The summed E-state index contributed by atoms with van der Waals surface area (Å²) in [4.78, 5) is 9.14. The van der Waals surface area contributed by atoms with Gasteiger partial charge in [-0.25, -0.2) is 4.99 Å². The summed E-state index contributed by atoms with van der Waals surface area (Å²) in [6.45, 7) is 7.88. The number of hydrogen-bond acceptors (Lipinski definition) is 4. The molecule has 6 nitrogen and oxygen atoms in total. The first-order valence-electron chi connectivity index (χ1n) is 9.27. The third-order valence-corrected chi connectivity index (χ3v) is 4.49. The van der Waals surface area contributed by atoms with Gasteiger partial charge in [-0.15, -0.1) is 24.0 Å². The molecule has 1 unspecified atom stereocenters. The number of guanidine groups is 1. The first kappa shape index (κ1) is 24.2. The predicted molar refractivity (Wildman–Crippen MR) is 125 cm³/mol. The van der Waals surface area contributed by atoms with Crippen molar-refractivity contribution in [2.45, 2.75) is 33.2 Å².